The Balaban J connectivity index is 2.91. The molecule has 1 nitrogen and oxygen atoms in total. The van der Waals surface area contributed by atoms with Gasteiger partial charge in [0.15, 0.2) is 5.78 Å². The maximum absolute atomic E-state index is 10.9. The minimum Gasteiger partial charge on any atom is -0.295 e. The molecule has 0 fully saturated rings. The van der Waals surface area contributed by atoms with Crippen molar-refractivity contribution in [3.63, 3.8) is 0 Å². The number of carbonyl (C=O) groups is 1. The zero-order valence-corrected chi connectivity index (χ0v) is 8.98. The Kier molecular flexibility index (Phi) is 2.74. The molecule has 0 saturated heterocycles. The Morgan fingerprint density at radius 3 is 2.54 bits per heavy atom. The van der Waals surface area contributed by atoms with Crippen molar-refractivity contribution in [1.82, 2.24) is 0 Å². The van der Waals surface area contributed by atoms with E-state index in [-0.39, 0.29) is 5.78 Å². The summed E-state index contributed by atoms with van der Waals surface area (Å²) in [6.07, 6.45) is 6.06. The minimum absolute atomic E-state index is 0.150. The largest absolute Gasteiger partial charge is 0.295 e. The van der Waals surface area contributed by atoms with Crippen LogP contribution in [0, 0.1) is 5.41 Å². The van der Waals surface area contributed by atoms with Crippen molar-refractivity contribution in [3.05, 3.63) is 23.3 Å². The van der Waals surface area contributed by atoms with Crippen LogP contribution in [0.25, 0.3) is 0 Å². The summed E-state index contributed by atoms with van der Waals surface area (Å²) in [5.74, 6) is 0.150. The van der Waals surface area contributed by atoms with Gasteiger partial charge in [0.2, 0.25) is 0 Å². The number of ketones is 1. The highest BCUT2D eigenvalue weighted by molar-refractivity contribution is 5.88. The maximum Gasteiger partial charge on any atom is 0.152 e. The molecule has 0 saturated carbocycles. The Labute approximate surface area is 80.5 Å². The zero-order chi connectivity index (χ0) is 10.1. The van der Waals surface area contributed by atoms with Crippen LogP contribution in [0.5, 0.6) is 0 Å². The molecule has 0 spiro atoms. The molecule has 0 aromatic heterocycles. The standard InChI is InChI=1S/C12H18O/c1-9-5-11(6-10(2)13)8-12(3,4)7-9/h5-6H,7-8H2,1-4H3. The van der Waals surface area contributed by atoms with Crippen LogP contribution in [0.1, 0.15) is 40.5 Å². The number of carbonyl (C=O) groups excluding carboxylic acids is 1. The van der Waals surface area contributed by atoms with Crippen molar-refractivity contribution in [2.75, 3.05) is 0 Å². The third-order valence-electron chi connectivity index (χ3n) is 2.26. The van der Waals surface area contributed by atoms with E-state index >= 15 is 0 Å². The molecule has 0 heterocycles. The summed E-state index contributed by atoms with van der Waals surface area (Å²) in [7, 11) is 0. The Bertz CT molecular complexity index is 279. The van der Waals surface area contributed by atoms with Gasteiger partial charge in [-0.2, -0.15) is 0 Å². The quantitative estimate of drug-likeness (QED) is 0.563. The van der Waals surface area contributed by atoms with Crippen LogP contribution in [-0.2, 0) is 4.79 Å². The van der Waals surface area contributed by atoms with Gasteiger partial charge in [-0.05, 0) is 43.8 Å². The summed E-state index contributed by atoms with van der Waals surface area (Å²) in [6.45, 7) is 8.24. The van der Waals surface area contributed by atoms with Crippen LogP contribution >= 0.6 is 0 Å². The molecule has 0 aromatic rings. The highest BCUT2D eigenvalue weighted by atomic mass is 16.1. The molecule has 1 aliphatic carbocycles. The molecule has 72 valence electrons. The minimum atomic E-state index is 0.150. The predicted molar refractivity (Wildman–Crippen MR) is 55.5 cm³/mol. The van der Waals surface area contributed by atoms with Gasteiger partial charge < -0.3 is 0 Å². The van der Waals surface area contributed by atoms with Gasteiger partial charge in [-0.25, -0.2) is 0 Å². The second-order valence-corrected chi connectivity index (χ2v) is 4.84. The molecular weight excluding hydrogens is 160 g/mol. The highest BCUT2D eigenvalue weighted by Gasteiger charge is 2.23. The van der Waals surface area contributed by atoms with Gasteiger partial charge in [-0.1, -0.05) is 25.5 Å². The van der Waals surface area contributed by atoms with E-state index in [0.717, 1.165) is 12.8 Å². The van der Waals surface area contributed by atoms with E-state index in [9.17, 15) is 4.79 Å². The van der Waals surface area contributed by atoms with E-state index in [4.69, 9.17) is 0 Å². The second-order valence-electron chi connectivity index (χ2n) is 4.84. The first-order valence-corrected chi connectivity index (χ1v) is 4.77. The summed E-state index contributed by atoms with van der Waals surface area (Å²) in [4.78, 5) is 10.9. The SMILES string of the molecule is CC(=O)C=C1C=C(C)CC(C)(C)C1. The lowest BCUT2D eigenvalue weighted by Crippen LogP contribution is -2.16. The first-order valence-electron chi connectivity index (χ1n) is 4.77. The fraction of sp³-hybridized carbons (Fsp3) is 0.583. The molecule has 0 radical (unpaired) electrons. The van der Waals surface area contributed by atoms with Gasteiger partial charge in [-0.15, -0.1) is 0 Å². The van der Waals surface area contributed by atoms with E-state index in [0.29, 0.717) is 5.41 Å². The molecular formula is C12H18O. The normalized spacial score (nSPS) is 24.3. The van der Waals surface area contributed by atoms with Crippen LogP contribution in [-0.4, -0.2) is 5.78 Å². The van der Waals surface area contributed by atoms with Crippen LogP contribution in [0.3, 0.4) is 0 Å². The van der Waals surface area contributed by atoms with Crippen molar-refractivity contribution >= 4 is 5.78 Å². The van der Waals surface area contributed by atoms with Gasteiger partial charge in [0, 0.05) is 0 Å². The lowest BCUT2D eigenvalue weighted by Gasteiger charge is -2.30. The average molecular weight is 178 g/mol. The zero-order valence-electron chi connectivity index (χ0n) is 8.98. The van der Waals surface area contributed by atoms with Gasteiger partial charge in [-0.3, -0.25) is 4.79 Å². The van der Waals surface area contributed by atoms with E-state index < -0.39 is 0 Å². The van der Waals surface area contributed by atoms with Crippen molar-refractivity contribution in [2.45, 2.75) is 40.5 Å². The van der Waals surface area contributed by atoms with Gasteiger partial charge in [0.05, 0.1) is 0 Å². The molecule has 0 unspecified atom stereocenters. The van der Waals surface area contributed by atoms with Crippen LogP contribution < -0.4 is 0 Å². The molecule has 13 heavy (non-hydrogen) atoms. The van der Waals surface area contributed by atoms with Gasteiger partial charge in [0.25, 0.3) is 0 Å². The third kappa shape index (κ3) is 3.17. The van der Waals surface area contributed by atoms with E-state index in [2.05, 4.69) is 26.8 Å². The molecule has 1 aliphatic rings. The Morgan fingerprint density at radius 1 is 1.46 bits per heavy atom. The molecule has 0 amide bonds. The smallest absolute Gasteiger partial charge is 0.152 e. The van der Waals surface area contributed by atoms with Gasteiger partial charge in [0.1, 0.15) is 0 Å². The fourth-order valence-electron chi connectivity index (χ4n) is 2.14. The molecule has 0 bridgehead atoms. The summed E-state index contributed by atoms with van der Waals surface area (Å²) in [6, 6.07) is 0. The first-order chi connectivity index (χ1) is 5.89. The molecule has 0 N–H and O–H groups in total. The third-order valence-corrected chi connectivity index (χ3v) is 2.26. The topological polar surface area (TPSA) is 17.1 Å². The highest BCUT2D eigenvalue weighted by Crippen LogP contribution is 2.37. The lowest BCUT2D eigenvalue weighted by molar-refractivity contribution is -0.112. The van der Waals surface area contributed by atoms with Crippen LogP contribution in [0.2, 0.25) is 0 Å². The number of hydrogen-bond acceptors (Lipinski definition) is 1. The molecule has 0 atom stereocenters. The van der Waals surface area contributed by atoms with E-state index in [1.165, 1.54) is 11.1 Å². The summed E-state index contributed by atoms with van der Waals surface area (Å²) in [5.41, 5.74) is 2.88. The van der Waals surface area contributed by atoms with Gasteiger partial charge >= 0.3 is 0 Å². The monoisotopic (exact) mass is 178 g/mol. The number of rotatable bonds is 1. The van der Waals surface area contributed by atoms with Crippen molar-refractivity contribution in [3.8, 4) is 0 Å². The summed E-state index contributed by atoms with van der Waals surface area (Å²) < 4.78 is 0. The van der Waals surface area contributed by atoms with Crippen LogP contribution in [0.4, 0.5) is 0 Å². The van der Waals surface area contributed by atoms with Crippen molar-refractivity contribution < 1.29 is 4.79 Å². The average Bonchev–Trinajstić information content (AvgIpc) is 1.78. The fourth-order valence-corrected chi connectivity index (χ4v) is 2.14. The second kappa shape index (κ2) is 3.49. The first kappa shape index (κ1) is 10.2. The molecule has 0 aliphatic heterocycles. The molecule has 1 rings (SSSR count). The van der Waals surface area contributed by atoms with Crippen LogP contribution in [0.15, 0.2) is 23.3 Å². The molecule has 0 aromatic carbocycles. The Morgan fingerprint density at radius 2 is 2.08 bits per heavy atom. The predicted octanol–water partition coefficient (Wildman–Crippen LogP) is 3.27. The number of hydrogen-bond donors (Lipinski definition) is 0. The number of allylic oxidation sites excluding steroid dienone is 4. The lowest BCUT2D eigenvalue weighted by atomic mass is 9.75. The molecule has 1 heteroatoms. The van der Waals surface area contributed by atoms with E-state index in [1.54, 1.807) is 13.0 Å². The van der Waals surface area contributed by atoms with Crippen molar-refractivity contribution in [2.24, 2.45) is 5.41 Å². The summed E-state index contributed by atoms with van der Waals surface area (Å²) in [5, 5.41) is 0. The van der Waals surface area contributed by atoms with E-state index in [1.807, 2.05) is 0 Å². The maximum atomic E-state index is 10.9. The Hall–Kier alpha value is -0.850. The summed E-state index contributed by atoms with van der Waals surface area (Å²) >= 11 is 0. The van der Waals surface area contributed by atoms with Crippen molar-refractivity contribution in [1.29, 1.82) is 0 Å².